The number of hydrogen-bond donors (Lipinski definition) is 0. The molecule has 1 aromatic carbocycles. The van der Waals surface area contributed by atoms with Gasteiger partial charge in [-0.25, -0.2) is 9.50 Å². The number of nitrogens with zero attached hydrogens (tertiary/aromatic N) is 3. The lowest BCUT2D eigenvalue weighted by molar-refractivity contribution is 0.884. The van der Waals surface area contributed by atoms with Crippen LogP contribution in [-0.4, -0.2) is 14.6 Å². The Bertz CT molecular complexity index is 834. The van der Waals surface area contributed by atoms with Crippen molar-refractivity contribution in [1.82, 2.24) is 14.6 Å². The van der Waals surface area contributed by atoms with E-state index in [1.807, 2.05) is 37.4 Å². The van der Waals surface area contributed by atoms with E-state index in [0.717, 1.165) is 35.4 Å². The molecule has 0 atom stereocenters. The minimum Gasteiger partial charge on any atom is -0.234 e. The lowest BCUT2D eigenvalue weighted by Gasteiger charge is -1.98. The van der Waals surface area contributed by atoms with Crippen molar-refractivity contribution in [3.63, 3.8) is 0 Å². The summed E-state index contributed by atoms with van der Waals surface area (Å²) >= 11 is 0. The number of rotatable bonds is 2. The predicted octanol–water partition coefficient (Wildman–Crippen LogP) is 3.33. The third-order valence-electron chi connectivity index (χ3n) is 3.38. The van der Waals surface area contributed by atoms with Gasteiger partial charge in [-0.3, -0.25) is 0 Å². The first-order valence-corrected chi connectivity index (χ1v) is 7.09. The maximum atomic E-state index is 4.59. The van der Waals surface area contributed by atoms with E-state index < -0.39 is 0 Å². The second-order valence-corrected chi connectivity index (χ2v) is 5.12. The minimum atomic E-state index is 0.810. The van der Waals surface area contributed by atoms with Gasteiger partial charge in [0.05, 0.1) is 5.69 Å². The molecule has 0 radical (unpaired) electrons. The lowest BCUT2D eigenvalue weighted by atomic mass is 10.1. The topological polar surface area (TPSA) is 30.2 Å². The van der Waals surface area contributed by atoms with Crippen LogP contribution >= 0.6 is 0 Å². The highest BCUT2D eigenvalue weighted by molar-refractivity contribution is 5.41. The van der Waals surface area contributed by atoms with Gasteiger partial charge in [-0.1, -0.05) is 30.0 Å². The standard InChI is InChI=1S/C18H17N3/c1-14-7-3-4-8-16(14)9-5-6-10-17-11-12-21-18(19-17)13-15(2)20-21/h3-4,7-8,11-13H,6,10H2,1-2H3. The molecule has 0 N–H and O–H groups in total. The fourth-order valence-electron chi connectivity index (χ4n) is 2.24. The van der Waals surface area contributed by atoms with Gasteiger partial charge in [0.15, 0.2) is 5.65 Å². The Morgan fingerprint density at radius 1 is 1.14 bits per heavy atom. The van der Waals surface area contributed by atoms with Crippen LogP contribution in [0.1, 0.15) is 28.9 Å². The third kappa shape index (κ3) is 3.11. The summed E-state index contributed by atoms with van der Waals surface area (Å²) < 4.78 is 1.80. The normalized spacial score (nSPS) is 10.4. The van der Waals surface area contributed by atoms with Crippen molar-refractivity contribution >= 4 is 5.65 Å². The van der Waals surface area contributed by atoms with Crippen LogP contribution in [0.25, 0.3) is 5.65 Å². The molecule has 3 heteroatoms. The van der Waals surface area contributed by atoms with Crippen LogP contribution in [0, 0.1) is 25.7 Å². The Kier molecular flexibility index (Phi) is 3.70. The van der Waals surface area contributed by atoms with Crippen LogP contribution < -0.4 is 0 Å². The molecule has 2 heterocycles. The largest absolute Gasteiger partial charge is 0.234 e. The molecule has 0 aliphatic carbocycles. The molecule has 0 aliphatic heterocycles. The average molecular weight is 275 g/mol. The summed E-state index contributed by atoms with van der Waals surface area (Å²) in [6.45, 7) is 4.06. The maximum absolute atomic E-state index is 4.59. The first kappa shape index (κ1) is 13.4. The molecule has 21 heavy (non-hydrogen) atoms. The van der Waals surface area contributed by atoms with E-state index in [1.54, 1.807) is 4.52 Å². The fraction of sp³-hybridized carbons (Fsp3) is 0.222. The van der Waals surface area contributed by atoms with Crippen LogP contribution in [0.4, 0.5) is 0 Å². The van der Waals surface area contributed by atoms with Crippen molar-refractivity contribution in [2.75, 3.05) is 0 Å². The van der Waals surface area contributed by atoms with Gasteiger partial charge in [0.1, 0.15) is 0 Å². The minimum absolute atomic E-state index is 0.810. The second-order valence-electron chi connectivity index (χ2n) is 5.12. The summed E-state index contributed by atoms with van der Waals surface area (Å²) in [7, 11) is 0. The summed E-state index contributed by atoms with van der Waals surface area (Å²) in [4.78, 5) is 4.59. The van der Waals surface area contributed by atoms with Gasteiger partial charge in [0.25, 0.3) is 0 Å². The first-order chi connectivity index (χ1) is 10.2. The maximum Gasteiger partial charge on any atom is 0.155 e. The Morgan fingerprint density at radius 2 is 2.00 bits per heavy atom. The van der Waals surface area contributed by atoms with Crippen molar-refractivity contribution in [3.8, 4) is 11.8 Å². The molecule has 0 unspecified atom stereocenters. The van der Waals surface area contributed by atoms with Crippen molar-refractivity contribution in [2.45, 2.75) is 26.7 Å². The number of fused-ring (bicyclic) bond motifs is 1. The van der Waals surface area contributed by atoms with Crippen LogP contribution in [0.5, 0.6) is 0 Å². The molecule has 3 aromatic rings. The molecular weight excluding hydrogens is 258 g/mol. The summed E-state index contributed by atoms with van der Waals surface area (Å²) in [5.41, 5.74) is 5.27. The van der Waals surface area contributed by atoms with Gasteiger partial charge in [-0.15, -0.1) is 0 Å². The molecule has 3 nitrogen and oxygen atoms in total. The molecule has 0 saturated heterocycles. The van der Waals surface area contributed by atoms with Crippen molar-refractivity contribution in [1.29, 1.82) is 0 Å². The quantitative estimate of drug-likeness (QED) is 0.672. The van der Waals surface area contributed by atoms with Crippen molar-refractivity contribution in [3.05, 3.63) is 65.1 Å². The predicted molar refractivity (Wildman–Crippen MR) is 84.1 cm³/mol. The fourth-order valence-corrected chi connectivity index (χ4v) is 2.24. The van der Waals surface area contributed by atoms with Crippen LogP contribution in [0.3, 0.4) is 0 Å². The highest BCUT2D eigenvalue weighted by Crippen LogP contribution is 2.07. The van der Waals surface area contributed by atoms with Gasteiger partial charge in [-0.2, -0.15) is 5.10 Å². The average Bonchev–Trinajstić information content (AvgIpc) is 2.84. The van der Waals surface area contributed by atoms with E-state index in [4.69, 9.17) is 0 Å². The molecular formula is C18H17N3. The molecule has 3 rings (SSSR count). The second kappa shape index (κ2) is 5.80. The molecule has 0 fully saturated rings. The summed E-state index contributed by atoms with van der Waals surface area (Å²) in [6, 6.07) is 12.2. The molecule has 0 aliphatic rings. The van der Waals surface area contributed by atoms with E-state index >= 15 is 0 Å². The number of aryl methyl sites for hydroxylation is 3. The Balaban J connectivity index is 1.68. The van der Waals surface area contributed by atoms with Crippen molar-refractivity contribution in [2.24, 2.45) is 0 Å². The molecule has 2 aromatic heterocycles. The highest BCUT2D eigenvalue weighted by atomic mass is 15.2. The molecule has 104 valence electrons. The Hall–Kier alpha value is -2.60. The van der Waals surface area contributed by atoms with Gasteiger partial charge in [0.2, 0.25) is 0 Å². The summed E-state index contributed by atoms with van der Waals surface area (Å²) in [6.07, 6.45) is 3.63. The first-order valence-electron chi connectivity index (χ1n) is 7.09. The van der Waals surface area contributed by atoms with Gasteiger partial charge < -0.3 is 0 Å². The van der Waals surface area contributed by atoms with Crippen LogP contribution in [-0.2, 0) is 6.42 Å². The highest BCUT2D eigenvalue weighted by Gasteiger charge is 2.00. The van der Waals surface area contributed by atoms with Gasteiger partial charge in [-0.05, 0) is 31.5 Å². The zero-order valence-corrected chi connectivity index (χ0v) is 12.3. The van der Waals surface area contributed by atoms with E-state index in [0.29, 0.717) is 0 Å². The smallest absolute Gasteiger partial charge is 0.155 e. The lowest BCUT2D eigenvalue weighted by Crippen LogP contribution is -1.94. The van der Waals surface area contributed by atoms with Gasteiger partial charge >= 0.3 is 0 Å². The van der Waals surface area contributed by atoms with Crippen LogP contribution in [0.15, 0.2) is 42.6 Å². The summed E-state index contributed by atoms with van der Waals surface area (Å²) in [5, 5.41) is 4.33. The zero-order valence-electron chi connectivity index (χ0n) is 12.3. The van der Waals surface area contributed by atoms with E-state index in [2.05, 4.69) is 41.0 Å². The SMILES string of the molecule is Cc1cc2nc(CCC#Cc3ccccc3C)ccn2n1. The third-order valence-corrected chi connectivity index (χ3v) is 3.38. The Labute approximate surface area is 124 Å². The Morgan fingerprint density at radius 3 is 2.86 bits per heavy atom. The van der Waals surface area contributed by atoms with Gasteiger partial charge in [0, 0.05) is 36.4 Å². The number of aromatic nitrogens is 3. The van der Waals surface area contributed by atoms with Crippen LogP contribution in [0.2, 0.25) is 0 Å². The van der Waals surface area contributed by atoms with Crippen molar-refractivity contribution < 1.29 is 0 Å². The zero-order chi connectivity index (χ0) is 14.7. The number of hydrogen-bond acceptors (Lipinski definition) is 2. The molecule has 0 saturated carbocycles. The molecule has 0 bridgehead atoms. The van der Waals surface area contributed by atoms with E-state index in [-0.39, 0.29) is 0 Å². The monoisotopic (exact) mass is 275 g/mol. The van der Waals surface area contributed by atoms with E-state index in [9.17, 15) is 0 Å². The number of benzene rings is 1. The summed E-state index contributed by atoms with van der Waals surface area (Å²) in [5.74, 6) is 6.46. The van der Waals surface area contributed by atoms with E-state index in [1.165, 1.54) is 5.56 Å². The molecule has 0 amide bonds. The molecule has 0 spiro atoms.